The van der Waals surface area contributed by atoms with E-state index in [4.69, 9.17) is 0 Å². The molecule has 1 fully saturated rings. The van der Waals surface area contributed by atoms with Crippen molar-refractivity contribution in [2.75, 3.05) is 0 Å². The van der Waals surface area contributed by atoms with Crippen molar-refractivity contribution < 1.29 is 38.9 Å². The van der Waals surface area contributed by atoms with Crippen molar-refractivity contribution in [1.82, 2.24) is 0 Å². The molecule has 10 heteroatoms. The van der Waals surface area contributed by atoms with Crippen LogP contribution in [0.4, 0.5) is 26.3 Å². The molecule has 3 aromatic rings. The summed E-state index contributed by atoms with van der Waals surface area (Å²) < 4.78 is 109. The Morgan fingerprint density at radius 2 is 1.59 bits per heavy atom. The standard InChI is InChI=1S/C29H30F6O3S/c1-2-3-4-5-6-18-7-9-19(10-8-18)20-11-13-23(24(30)16-20)22-15-21-12-14-26(28(32)27(21)25(31)17-22)38-39(36,37)29(33,34)35/h11-19H,2-10H2,1H3. The number of unbranched alkanes of at least 4 members (excludes halogenated alkanes) is 3. The lowest BCUT2D eigenvalue weighted by atomic mass is 9.77. The zero-order valence-corrected chi connectivity index (χ0v) is 22.3. The van der Waals surface area contributed by atoms with Gasteiger partial charge in [0.1, 0.15) is 11.6 Å². The SMILES string of the molecule is CCCCCCC1CCC(c2ccc(-c3cc(F)c4c(F)c(OS(=O)(=O)C(F)(F)F)ccc4c3)c(F)c2)CC1. The molecule has 4 rings (SSSR count). The van der Waals surface area contributed by atoms with Gasteiger partial charge in [-0.25, -0.2) is 13.2 Å². The molecule has 1 aliphatic carbocycles. The van der Waals surface area contributed by atoms with Crippen LogP contribution in [-0.4, -0.2) is 13.9 Å². The summed E-state index contributed by atoms with van der Waals surface area (Å²) in [5, 5.41) is -0.864. The lowest BCUT2D eigenvalue weighted by Gasteiger charge is -2.29. The maximum absolute atomic E-state index is 15.2. The summed E-state index contributed by atoms with van der Waals surface area (Å²) in [6.07, 6.45) is 10.4. The largest absolute Gasteiger partial charge is 0.534 e. The average Bonchev–Trinajstić information content (AvgIpc) is 2.87. The summed E-state index contributed by atoms with van der Waals surface area (Å²) >= 11 is 0. The van der Waals surface area contributed by atoms with Gasteiger partial charge in [-0.1, -0.05) is 57.2 Å². The lowest BCUT2D eigenvalue weighted by molar-refractivity contribution is -0.0500. The summed E-state index contributed by atoms with van der Waals surface area (Å²) in [5.74, 6) is -3.71. The molecular formula is C29H30F6O3S. The molecule has 0 N–H and O–H groups in total. The van der Waals surface area contributed by atoms with Crippen LogP contribution in [0, 0.1) is 23.4 Å². The maximum Gasteiger partial charge on any atom is 0.534 e. The molecule has 1 aliphatic rings. The highest BCUT2D eigenvalue weighted by Crippen LogP contribution is 2.40. The molecule has 39 heavy (non-hydrogen) atoms. The topological polar surface area (TPSA) is 43.4 Å². The van der Waals surface area contributed by atoms with Crippen LogP contribution in [-0.2, 0) is 10.1 Å². The van der Waals surface area contributed by atoms with Gasteiger partial charge in [0.05, 0.1) is 5.39 Å². The van der Waals surface area contributed by atoms with E-state index in [0.717, 1.165) is 43.4 Å². The molecule has 1 saturated carbocycles. The minimum absolute atomic E-state index is 0.0875. The molecule has 0 unspecified atom stereocenters. The third-order valence-corrected chi connectivity index (χ3v) is 8.51. The Hall–Kier alpha value is -2.75. The van der Waals surface area contributed by atoms with Crippen molar-refractivity contribution >= 4 is 20.9 Å². The van der Waals surface area contributed by atoms with E-state index in [1.165, 1.54) is 44.2 Å². The Bertz CT molecular complexity index is 1430. The summed E-state index contributed by atoms with van der Waals surface area (Å²) in [6, 6.07) is 8.62. The molecule has 212 valence electrons. The van der Waals surface area contributed by atoms with Crippen LogP contribution in [0.1, 0.15) is 76.2 Å². The molecule has 0 radical (unpaired) electrons. The van der Waals surface area contributed by atoms with Crippen LogP contribution in [0.3, 0.4) is 0 Å². The van der Waals surface area contributed by atoms with Crippen LogP contribution in [0.25, 0.3) is 21.9 Å². The fraction of sp³-hybridized carbons (Fsp3) is 0.448. The molecule has 3 nitrogen and oxygen atoms in total. The van der Waals surface area contributed by atoms with Crippen LogP contribution < -0.4 is 4.18 Å². The lowest BCUT2D eigenvalue weighted by Crippen LogP contribution is -2.28. The Morgan fingerprint density at radius 3 is 2.23 bits per heavy atom. The first-order valence-electron chi connectivity index (χ1n) is 13.1. The normalized spacial score (nSPS) is 18.4. The second-order valence-electron chi connectivity index (χ2n) is 10.2. The van der Waals surface area contributed by atoms with Gasteiger partial charge in [-0.05, 0) is 78.3 Å². The van der Waals surface area contributed by atoms with Gasteiger partial charge in [-0.2, -0.15) is 21.6 Å². The first kappa shape index (κ1) is 29.2. The predicted molar refractivity (Wildman–Crippen MR) is 138 cm³/mol. The molecule has 0 aromatic heterocycles. The third-order valence-electron chi connectivity index (χ3n) is 7.54. The van der Waals surface area contributed by atoms with Gasteiger partial charge in [0, 0.05) is 5.56 Å². The van der Waals surface area contributed by atoms with E-state index in [1.807, 2.05) is 6.07 Å². The highest BCUT2D eigenvalue weighted by molar-refractivity contribution is 7.88. The summed E-state index contributed by atoms with van der Waals surface area (Å²) in [5.41, 5.74) is -4.71. The molecule has 0 atom stereocenters. The number of hydrogen-bond donors (Lipinski definition) is 0. The van der Waals surface area contributed by atoms with Gasteiger partial charge >= 0.3 is 15.6 Å². The predicted octanol–water partition coefficient (Wildman–Crippen LogP) is 9.40. The maximum atomic E-state index is 15.2. The Balaban J connectivity index is 1.52. The number of alkyl halides is 3. The van der Waals surface area contributed by atoms with Crippen molar-refractivity contribution in [3.63, 3.8) is 0 Å². The fourth-order valence-electron chi connectivity index (χ4n) is 5.40. The van der Waals surface area contributed by atoms with Gasteiger partial charge in [0.25, 0.3) is 0 Å². The van der Waals surface area contributed by atoms with E-state index in [9.17, 15) is 30.4 Å². The molecule has 0 saturated heterocycles. The number of rotatable bonds is 9. The molecule has 0 heterocycles. The number of hydrogen-bond acceptors (Lipinski definition) is 3. The fourth-order valence-corrected chi connectivity index (χ4v) is 5.86. The number of halogens is 6. The zero-order valence-electron chi connectivity index (χ0n) is 21.5. The minimum atomic E-state index is -6.15. The van der Waals surface area contributed by atoms with Gasteiger partial charge in [0.2, 0.25) is 0 Å². The first-order valence-corrected chi connectivity index (χ1v) is 14.5. The van der Waals surface area contributed by atoms with E-state index < -0.39 is 44.2 Å². The van der Waals surface area contributed by atoms with Crippen molar-refractivity contribution in [1.29, 1.82) is 0 Å². The van der Waals surface area contributed by atoms with Crippen molar-refractivity contribution in [2.45, 2.75) is 76.1 Å². The van der Waals surface area contributed by atoms with Crippen LogP contribution in [0.15, 0.2) is 42.5 Å². The summed E-state index contributed by atoms with van der Waals surface area (Å²) in [4.78, 5) is 0. The zero-order chi connectivity index (χ0) is 28.4. The van der Waals surface area contributed by atoms with E-state index in [1.54, 1.807) is 6.07 Å². The highest BCUT2D eigenvalue weighted by atomic mass is 32.2. The van der Waals surface area contributed by atoms with Gasteiger partial charge in [0.15, 0.2) is 11.6 Å². The Labute approximate surface area is 224 Å². The monoisotopic (exact) mass is 572 g/mol. The average molecular weight is 573 g/mol. The van der Waals surface area contributed by atoms with Gasteiger partial charge < -0.3 is 4.18 Å². The van der Waals surface area contributed by atoms with E-state index in [0.29, 0.717) is 12.0 Å². The summed E-state index contributed by atoms with van der Waals surface area (Å²) in [6.45, 7) is 2.19. The highest BCUT2D eigenvalue weighted by Gasteiger charge is 2.49. The smallest absolute Gasteiger partial charge is 0.373 e. The first-order chi connectivity index (χ1) is 18.4. The van der Waals surface area contributed by atoms with E-state index >= 15 is 4.39 Å². The van der Waals surface area contributed by atoms with E-state index in [-0.39, 0.29) is 22.4 Å². The van der Waals surface area contributed by atoms with Gasteiger partial charge in [-0.3, -0.25) is 0 Å². The third kappa shape index (κ3) is 6.53. The van der Waals surface area contributed by atoms with Crippen LogP contribution in [0.2, 0.25) is 0 Å². The summed E-state index contributed by atoms with van der Waals surface area (Å²) in [7, 11) is -6.15. The van der Waals surface area contributed by atoms with Crippen molar-refractivity contribution in [2.24, 2.45) is 5.92 Å². The van der Waals surface area contributed by atoms with Crippen molar-refractivity contribution in [3.8, 4) is 16.9 Å². The second-order valence-corrected chi connectivity index (χ2v) is 11.8. The van der Waals surface area contributed by atoms with Crippen LogP contribution >= 0.6 is 0 Å². The van der Waals surface area contributed by atoms with Crippen LogP contribution in [0.5, 0.6) is 5.75 Å². The molecule has 0 bridgehead atoms. The number of benzene rings is 3. The molecule has 3 aromatic carbocycles. The Morgan fingerprint density at radius 1 is 0.872 bits per heavy atom. The van der Waals surface area contributed by atoms with E-state index in [2.05, 4.69) is 11.1 Å². The Kier molecular flexibility index (Phi) is 8.83. The second kappa shape index (κ2) is 11.8. The molecular weight excluding hydrogens is 542 g/mol. The van der Waals surface area contributed by atoms with Gasteiger partial charge in [-0.15, -0.1) is 0 Å². The van der Waals surface area contributed by atoms with Crippen molar-refractivity contribution in [3.05, 3.63) is 65.5 Å². The molecule has 0 spiro atoms. The minimum Gasteiger partial charge on any atom is -0.373 e. The number of fused-ring (bicyclic) bond motifs is 1. The molecule has 0 amide bonds. The molecule has 0 aliphatic heterocycles. The quantitative estimate of drug-likeness (QED) is 0.111.